The number of benzene rings is 1. The van der Waals surface area contributed by atoms with Crippen LogP contribution in [0.1, 0.15) is 38.5 Å². The number of carboxylic acid groups (broad SMARTS) is 1. The van der Waals surface area contributed by atoms with E-state index in [9.17, 15) is 14.4 Å². The number of carbonyl (C=O) groups excluding carboxylic acids is 2. The molecule has 1 rings (SSSR count). The van der Waals surface area contributed by atoms with Crippen LogP contribution in [-0.2, 0) is 14.4 Å². The molecule has 0 aliphatic carbocycles. The number of anilines is 1. The van der Waals surface area contributed by atoms with Gasteiger partial charge in [-0.15, -0.1) is 0 Å². The van der Waals surface area contributed by atoms with Crippen molar-refractivity contribution >= 4 is 23.5 Å². The van der Waals surface area contributed by atoms with Crippen LogP contribution in [-0.4, -0.2) is 34.7 Å². The van der Waals surface area contributed by atoms with Gasteiger partial charge in [-0.1, -0.05) is 12.8 Å². The summed E-state index contributed by atoms with van der Waals surface area (Å²) < 4.78 is 5.00. The molecule has 0 unspecified atom stereocenters. The Bertz CT molecular complexity index is 544. The highest BCUT2D eigenvalue weighted by molar-refractivity contribution is 5.90. The molecular weight excluding hydrogens is 316 g/mol. The minimum Gasteiger partial charge on any atom is -0.482 e. The minimum atomic E-state index is -1.05. The first-order chi connectivity index (χ1) is 11.5. The molecule has 1 aromatic rings. The SMILES string of the molecule is O=C(O)COc1ccc(NC(=O)CCCCCCC(=O)NO)cc1. The van der Waals surface area contributed by atoms with Crippen LogP contribution < -0.4 is 15.5 Å². The maximum absolute atomic E-state index is 11.8. The van der Waals surface area contributed by atoms with Crippen LogP contribution in [0.3, 0.4) is 0 Å². The monoisotopic (exact) mass is 338 g/mol. The van der Waals surface area contributed by atoms with E-state index < -0.39 is 18.5 Å². The molecule has 132 valence electrons. The molecule has 8 nitrogen and oxygen atoms in total. The van der Waals surface area contributed by atoms with E-state index in [-0.39, 0.29) is 12.3 Å². The third-order valence-electron chi connectivity index (χ3n) is 3.18. The maximum atomic E-state index is 11.8. The third-order valence-corrected chi connectivity index (χ3v) is 3.18. The largest absolute Gasteiger partial charge is 0.482 e. The summed E-state index contributed by atoms with van der Waals surface area (Å²) >= 11 is 0. The minimum absolute atomic E-state index is 0.109. The fraction of sp³-hybridized carbons (Fsp3) is 0.438. The Balaban J connectivity index is 2.18. The van der Waals surface area contributed by atoms with Crippen molar-refractivity contribution in [2.45, 2.75) is 38.5 Å². The van der Waals surface area contributed by atoms with Gasteiger partial charge in [-0.3, -0.25) is 14.8 Å². The number of carbonyl (C=O) groups is 3. The van der Waals surface area contributed by atoms with Gasteiger partial charge in [0.2, 0.25) is 11.8 Å². The van der Waals surface area contributed by atoms with Crippen LogP contribution in [0.15, 0.2) is 24.3 Å². The van der Waals surface area contributed by atoms with E-state index in [1.165, 1.54) is 0 Å². The number of aliphatic carboxylic acids is 1. The molecule has 0 fully saturated rings. The van der Waals surface area contributed by atoms with Crippen molar-refractivity contribution in [3.63, 3.8) is 0 Å². The van der Waals surface area contributed by atoms with Gasteiger partial charge in [0.05, 0.1) is 0 Å². The fourth-order valence-corrected chi connectivity index (χ4v) is 1.98. The molecule has 24 heavy (non-hydrogen) atoms. The number of hydrogen-bond donors (Lipinski definition) is 4. The van der Waals surface area contributed by atoms with E-state index in [1.54, 1.807) is 29.7 Å². The number of ether oxygens (including phenoxy) is 1. The second-order valence-corrected chi connectivity index (χ2v) is 5.20. The van der Waals surface area contributed by atoms with Gasteiger partial charge in [0, 0.05) is 18.5 Å². The van der Waals surface area contributed by atoms with Gasteiger partial charge in [0.25, 0.3) is 0 Å². The number of hydrogen-bond acceptors (Lipinski definition) is 5. The first-order valence-corrected chi connectivity index (χ1v) is 7.68. The van der Waals surface area contributed by atoms with Crippen molar-refractivity contribution in [1.82, 2.24) is 5.48 Å². The molecule has 0 radical (unpaired) electrons. The Kier molecular flexibility index (Phi) is 8.91. The van der Waals surface area contributed by atoms with E-state index in [4.69, 9.17) is 15.1 Å². The second kappa shape index (κ2) is 11.0. The van der Waals surface area contributed by atoms with Gasteiger partial charge in [0.15, 0.2) is 6.61 Å². The average molecular weight is 338 g/mol. The Morgan fingerprint density at radius 2 is 1.50 bits per heavy atom. The number of unbranched alkanes of at least 4 members (excludes halogenated alkanes) is 3. The van der Waals surface area contributed by atoms with Crippen LogP contribution in [0, 0.1) is 0 Å². The number of carboxylic acids is 1. The highest BCUT2D eigenvalue weighted by atomic mass is 16.5. The quantitative estimate of drug-likeness (QED) is 0.277. The zero-order valence-electron chi connectivity index (χ0n) is 13.3. The molecule has 0 bridgehead atoms. The number of amides is 2. The highest BCUT2D eigenvalue weighted by Gasteiger charge is 2.04. The lowest BCUT2D eigenvalue weighted by Gasteiger charge is -2.07. The van der Waals surface area contributed by atoms with Crippen molar-refractivity contribution in [1.29, 1.82) is 0 Å². The summed E-state index contributed by atoms with van der Waals surface area (Å²) in [5.74, 6) is -1.14. The van der Waals surface area contributed by atoms with Gasteiger partial charge in [0.1, 0.15) is 5.75 Å². The van der Waals surface area contributed by atoms with Crippen LogP contribution >= 0.6 is 0 Å². The van der Waals surface area contributed by atoms with Crippen molar-refractivity contribution in [2.75, 3.05) is 11.9 Å². The lowest BCUT2D eigenvalue weighted by molar-refractivity contribution is -0.139. The van der Waals surface area contributed by atoms with Crippen molar-refractivity contribution in [2.24, 2.45) is 0 Å². The molecule has 8 heteroatoms. The molecular formula is C16H22N2O6. The lowest BCUT2D eigenvalue weighted by atomic mass is 10.1. The molecule has 0 saturated heterocycles. The zero-order valence-corrected chi connectivity index (χ0v) is 13.3. The molecule has 0 aliphatic heterocycles. The van der Waals surface area contributed by atoms with Crippen LogP contribution in [0.25, 0.3) is 0 Å². The molecule has 0 spiro atoms. The highest BCUT2D eigenvalue weighted by Crippen LogP contribution is 2.16. The Morgan fingerprint density at radius 1 is 0.917 bits per heavy atom. The van der Waals surface area contributed by atoms with Crippen molar-refractivity contribution in [3.05, 3.63) is 24.3 Å². The summed E-state index contributed by atoms with van der Waals surface area (Å²) in [5.41, 5.74) is 2.19. The summed E-state index contributed by atoms with van der Waals surface area (Å²) in [7, 11) is 0. The first kappa shape index (κ1) is 19.4. The summed E-state index contributed by atoms with van der Waals surface area (Å²) in [6.45, 7) is -0.411. The topological polar surface area (TPSA) is 125 Å². The Hall–Kier alpha value is -2.61. The summed E-state index contributed by atoms with van der Waals surface area (Å²) in [6.07, 6.45) is 3.69. The van der Waals surface area contributed by atoms with Crippen LogP contribution in [0.4, 0.5) is 5.69 Å². The van der Waals surface area contributed by atoms with Gasteiger partial charge in [-0.05, 0) is 37.1 Å². The van der Waals surface area contributed by atoms with Gasteiger partial charge in [-0.25, -0.2) is 10.3 Å². The number of nitrogens with one attached hydrogen (secondary N) is 2. The molecule has 2 amide bonds. The standard InChI is InChI=1S/C16H22N2O6/c19-14(5-3-1-2-4-6-15(20)18-23)17-12-7-9-13(10-8-12)24-11-16(21)22/h7-10,23H,1-6,11H2,(H,17,19)(H,18,20)(H,21,22). The number of hydroxylamine groups is 1. The average Bonchev–Trinajstić information content (AvgIpc) is 2.57. The predicted octanol–water partition coefficient (Wildman–Crippen LogP) is 1.93. The maximum Gasteiger partial charge on any atom is 0.341 e. The smallest absolute Gasteiger partial charge is 0.341 e. The molecule has 0 saturated carbocycles. The molecule has 1 aromatic carbocycles. The molecule has 0 aliphatic rings. The van der Waals surface area contributed by atoms with Gasteiger partial charge >= 0.3 is 5.97 Å². The molecule has 4 N–H and O–H groups in total. The van der Waals surface area contributed by atoms with E-state index in [0.717, 1.165) is 12.8 Å². The summed E-state index contributed by atoms with van der Waals surface area (Å²) in [5, 5.41) is 19.6. The second-order valence-electron chi connectivity index (χ2n) is 5.20. The molecule has 0 aromatic heterocycles. The third kappa shape index (κ3) is 8.74. The van der Waals surface area contributed by atoms with Crippen molar-refractivity contribution < 1.29 is 29.4 Å². The van der Waals surface area contributed by atoms with Gasteiger partial charge in [-0.2, -0.15) is 0 Å². The first-order valence-electron chi connectivity index (χ1n) is 7.68. The fourth-order valence-electron chi connectivity index (χ4n) is 1.98. The van der Waals surface area contributed by atoms with E-state index in [1.807, 2.05) is 0 Å². The van der Waals surface area contributed by atoms with Crippen molar-refractivity contribution in [3.8, 4) is 5.75 Å². The number of rotatable bonds is 11. The predicted molar refractivity (Wildman–Crippen MR) is 85.8 cm³/mol. The van der Waals surface area contributed by atoms with Gasteiger partial charge < -0.3 is 15.2 Å². The summed E-state index contributed by atoms with van der Waals surface area (Å²) in [4.78, 5) is 33.0. The van der Waals surface area contributed by atoms with E-state index in [2.05, 4.69) is 5.32 Å². The Labute approximate surface area is 139 Å². The normalized spacial score (nSPS) is 10.0. The molecule has 0 atom stereocenters. The zero-order chi connectivity index (χ0) is 17.8. The summed E-state index contributed by atoms with van der Waals surface area (Å²) in [6, 6.07) is 6.46. The van der Waals surface area contributed by atoms with E-state index >= 15 is 0 Å². The molecule has 0 heterocycles. The van der Waals surface area contributed by atoms with E-state index in [0.29, 0.717) is 30.7 Å². The Morgan fingerprint density at radius 3 is 2.04 bits per heavy atom. The lowest BCUT2D eigenvalue weighted by Crippen LogP contribution is -2.17. The van der Waals surface area contributed by atoms with Crippen LogP contribution in [0.5, 0.6) is 5.75 Å². The van der Waals surface area contributed by atoms with Crippen LogP contribution in [0.2, 0.25) is 0 Å².